The SMILES string of the molecule is Cc1nc2ncc(-c3nc(Nc4ccc(C(C)N5CCN(C)CC5)cn4)ncc3F)cc2n1C(C)(C)C. The van der Waals surface area contributed by atoms with E-state index in [1.807, 2.05) is 25.3 Å². The van der Waals surface area contributed by atoms with Crippen LogP contribution in [-0.4, -0.2) is 72.5 Å². The Morgan fingerprint density at radius 2 is 1.73 bits per heavy atom. The summed E-state index contributed by atoms with van der Waals surface area (Å²) in [4.78, 5) is 27.0. The van der Waals surface area contributed by atoms with Crippen molar-refractivity contribution in [1.29, 1.82) is 0 Å². The fraction of sp³-hybridized carbons (Fsp3) is 0.444. The van der Waals surface area contributed by atoms with Crippen LogP contribution in [0.5, 0.6) is 0 Å². The molecule has 1 aliphatic rings. The Hall–Kier alpha value is -3.50. The lowest BCUT2D eigenvalue weighted by atomic mass is 10.1. The largest absolute Gasteiger partial charge is 0.321 e. The molecule has 37 heavy (non-hydrogen) atoms. The summed E-state index contributed by atoms with van der Waals surface area (Å²) in [6.07, 6.45) is 4.65. The molecule has 0 bridgehead atoms. The van der Waals surface area contributed by atoms with E-state index in [4.69, 9.17) is 0 Å². The first-order valence-corrected chi connectivity index (χ1v) is 12.6. The summed E-state index contributed by atoms with van der Waals surface area (Å²) in [6.45, 7) is 14.7. The van der Waals surface area contributed by atoms with E-state index in [9.17, 15) is 4.39 Å². The molecular weight excluding hydrogens is 469 g/mol. The highest BCUT2D eigenvalue weighted by atomic mass is 19.1. The highest BCUT2D eigenvalue weighted by Crippen LogP contribution is 2.29. The van der Waals surface area contributed by atoms with Crippen LogP contribution in [0.3, 0.4) is 0 Å². The summed E-state index contributed by atoms with van der Waals surface area (Å²) in [5.41, 5.74) is 3.15. The Morgan fingerprint density at radius 1 is 0.973 bits per heavy atom. The van der Waals surface area contributed by atoms with Crippen molar-refractivity contribution in [3.05, 3.63) is 54.0 Å². The van der Waals surface area contributed by atoms with E-state index >= 15 is 0 Å². The topological polar surface area (TPSA) is 87.9 Å². The number of pyridine rings is 2. The van der Waals surface area contributed by atoms with Crippen LogP contribution in [0.2, 0.25) is 0 Å². The normalized spacial score (nSPS) is 16.3. The quantitative estimate of drug-likeness (QED) is 0.425. The van der Waals surface area contributed by atoms with Gasteiger partial charge in [-0.25, -0.2) is 29.3 Å². The predicted molar refractivity (Wildman–Crippen MR) is 143 cm³/mol. The minimum atomic E-state index is -0.519. The van der Waals surface area contributed by atoms with Crippen LogP contribution < -0.4 is 5.32 Å². The third kappa shape index (κ3) is 5.17. The van der Waals surface area contributed by atoms with Crippen molar-refractivity contribution in [3.8, 4) is 11.3 Å². The van der Waals surface area contributed by atoms with Gasteiger partial charge in [0.15, 0.2) is 11.5 Å². The monoisotopic (exact) mass is 503 g/mol. The van der Waals surface area contributed by atoms with E-state index in [-0.39, 0.29) is 23.2 Å². The first-order valence-electron chi connectivity index (χ1n) is 12.6. The molecule has 1 N–H and O–H groups in total. The van der Waals surface area contributed by atoms with Gasteiger partial charge in [-0.2, -0.15) is 0 Å². The molecule has 0 spiro atoms. The van der Waals surface area contributed by atoms with E-state index in [0.717, 1.165) is 43.1 Å². The van der Waals surface area contributed by atoms with Gasteiger partial charge in [0.1, 0.15) is 17.3 Å². The number of anilines is 2. The zero-order valence-corrected chi connectivity index (χ0v) is 22.3. The third-order valence-corrected chi connectivity index (χ3v) is 6.96. The summed E-state index contributed by atoms with van der Waals surface area (Å²) in [5, 5.41) is 3.11. The molecule has 0 aliphatic carbocycles. The number of rotatable bonds is 5. The van der Waals surface area contributed by atoms with Crippen LogP contribution in [0.15, 0.2) is 36.8 Å². The number of fused-ring (bicyclic) bond motifs is 1. The Labute approximate surface area is 216 Å². The Morgan fingerprint density at radius 3 is 2.41 bits per heavy atom. The maximum absolute atomic E-state index is 14.9. The second-order valence-electron chi connectivity index (χ2n) is 10.7. The molecular formula is C27H34FN9. The van der Waals surface area contributed by atoms with Gasteiger partial charge in [0, 0.05) is 55.7 Å². The summed E-state index contributed by atoms with van der Waals surface area (Å²) in [6, 6.07) is 6.15. The van der Waals surface area contributed by atoms with Crippen LogP contribution in [0.1, 0.15) is 45.1 Å². The van der Waals surface area contributed by atoms with Gasteiger partial charge in [0.05, 0.1) is 11.7 Å². The van der Waals surface area contributed by atoms with E-state index in [1.54, 1.807) is 6.20 Å². The average Bonchev–Trinajstić information content (AvgIpc) is 3.21. The Bertz CT molecular complexity index is 1400. The molecule has 1 fully saturated rings. The zero-order valence-electron chi connectivity index (χ0n) is 22.3. The van der Waals surface area contributed by atoms with Crippen LogP contribution >= 0.6 is 0 Å². The Kier molecular flexibility index (Phi) is 6.63. The summed E-state index contributed by atoms with van der Waals surface area (Å²) in [7, 11) is 2.16. The molecule has 9 nitrogen and oxygen atoms in total. The lowest BCUT2D eigenvalue weighted by molar-refractivity contribution is 0.119. The van der Waals surface area contributed by atoms with Crippen LogP contribution in [0.4, 0.5) is 16.2 Å². The molecule has 5 rings (SSSR count). The van der Waals surface area contributed by atoms with Crippen LogP contribution in [0.25, 0.3) is 22.4 Å². The van der Waals surface area contributed by atoms with Crippen molar-refractivity contribution in [2.24, 2.45) is 0 Å². The van der Waals surface area contributed by atoms with Crippen molar-refractivity contribution in [2.45, 2.75) is 46.2 Å². The number of piperazine rings is 1. The van der Waals surface area contributed by atoms with Crippen molar-refractivity contribution in [1.82, 2.24) is 39.3 Å². The second-order valence-corrected chi connectivity index (χ2v) is 10.7. The first-order chi connectivity index (χ1) is 17.6. The molecule has 194 valence electrons. The van der Waals surface area contributed by atoms with Gasteiger partial charge < -0.3 is 14.8 Å². The fourth-order valence-electron chi connectivity index (χ4n) is 4.94. The third-order valence-electron chi connectivity index (χ3n) is 6.96. The molecule has 1 aliphatic heterocycles. The van der Waals surface area contributed by atoms with Gasteiger partial charge in [-0.05, 0) is 59.4 Å². The Balaban J connectivity index is 1.38. The highest BCUT2D eigenvalue weighted by molar-refractivity contribution is 5.78. The molecule has 4 aromatic rings. The molecule has 1 saturated heterocycles. The first kappa shape index (κ1) is 25.2. The lowest BCUT2D eigenvalue weighted by Crippen LogP contribution is -2.45. The van der Waals surface area contributed by atoms with Crippen molar-refractivity contribution >= 4 is 22.9 Å². The number of likely N-dealkylation sites (N-methyl/N-ethyl adjacent to an activating group) is 1. The average molecular weight is 504 g/mol. The van der Waals surface area contributed by atoms with Gasteiger partial charge in [-0.1, -0.05) is 6.07 Å². The molecule has 1 atom stereocenters. The molecule has 1 unspecified atom stereocenters. The van der Waals surface area contributed by atoms with Gasteiger partial charge in [0.25, 0.3) is 0 Å². The highest BCUT2D eigenvalue weighted by Gasteiger charge is 2.22. The molecule has 0 radical (unpaired) electrons. The van der Waals surface area contributed by atoms with E-state index in [1.165, 1.54) is 6.20 Å². The minimum absolute atomic E-state index is 0.173. The standard InChI is InChI=1S/C27H34FN9/c1-17(36-11-9-35(6)10-12-36)19-7-8-23(29-14-19)33-26-31-16-21(28)24(34-26)20-13-22-25(30-15-20)32-18(2)37(22)27(3,4)5/h7-8,13-17H,9-12H2,1-6H3,(H,29,31,33,34). The molecule has 5 heterocycles. The van der Waals surface area contributed by atoms with Crippen LogP contribution in [-0.2, 0) is 5.54 Å². The van der Waals surface area contributed by atoms with E-state index in [2.05, 4.69) is 85.4 Å². The van der Waals surface area contributed by atoms with Gasteiger partial charge in [-0.15, -0.1) is 0 Å². The van der Waals surface area contributed by atoms with E-state index in [0.29, 0.717) is 17.0 Å². The molecule has 10 heteroatoms. The summed E-state index contributed by atoms with van der Waals surface area (Å²) < 4.78 is 17.0. The van der Waals surface area contributed by atoms with Gasteiger partial charge in [0.2, 0.25) is 5.95 Å². The second kappa shape index (κ2) is 9.75. The van der Waals surface area contributed by atoms with Crippen molar-refractivity contribution in [3.63, 3.8) is 0 Å². The summed E-state index contributed by atoms with van der Waals surface area (Å²) in [5.74, 6) is 1.20. The fourth-order valence-corrected chi connectivity index (χ4v) is 4.94. The molecule has 4 aromatic heterocycles. The smallest absolute Gasteiger partial charge is 0.229 e. The number of nitrogens with one attached hydrogen (secondary N) is 1. The zero-order chi connectivity index (χ0) is 26.3. The number of nitrogens with zero attached hydrogens (tertiary/aromatic N) is 8. The van der Waals surface area contributed by atoms with E-state index < -0.39 is 5.82 Å². The number of halogens is 1. The van der Waals surface area contributed by atoms with Crippen molar-refractivity contribution < 1.29 is 4.39 Å². The number of hydrogen-bond acceptors (Lipinski definition) is 8. The van der Waals surface area contributed by atoms with Crippen LogP contribution in [0, 0.1) is 12.7 Å². The molecule has 0 amide bonds. The molecule has 0 saturated carbocycles. The lowest BCUT2D eigenvalue weighted by Gasteiger charge is -2.36. The summed E-state index contributed by atoms with van der Waals surface area (Å²) >= 11 is 0. The maximum Gasteiger partial charge on any atom is 0.229 e. The number of aryl methyl sites for hydroxylation is 1. The van der Waals surface area contributed by atoms with Gasteiger partial charge in [-0.3, -0.25) is 4.90 Å². The van der Waals surface area contributed by atoms with Crippen molar-refractivity contribution in [2.75, 3.05) is 38.5 Å². The number of imidazole rings is 1. The maximum atomic E-state index is 14.9. The number of aromatic nitrogens is 6. The number of hydrogen-bond donors (Lipinski definition) is 1. The predicted octanol–water partition coefficient (Wildman–Crippen LogP) is 4.54. The van der Waals surface area contributed by atoms with Gasteiger partial charge >= 0.3 is 0 Å². The minimum Gasteiger partial charge on any atom is -0.321 e. The molecule has 0 aromatic carbocycles.